The van der Waals surface area contributed by atoms with Gasteiger partial charge in [-0.3, -0.25) is 0 Å². The Morgan fingerprint density at radius 1 is 0.232 bits per heavy atom. The fourth-order valence-electron chi connectivity index (χ4n) is 15.9. The Labute approximate surface area is 475 Å². The van der Waals surface area contributed by atoms with E-state index in [4.69, 9.17) is 0 Å². The minimum Gasteiger partial charge on any atom is -0.309 e. The van der Waals surface area contributed by atoms with Crippen molar-refractivity contribution < 1.29 is 0 Å². The molecule has 2 heteroatoms. The maximum atomic E-state index is 2.61. The monoisotopic (exact) mass is 1040 g/mol. The molecule has 0 aliphatic heterocycles. The summed E-state index contributed by atoms with van der Waals surface area (Å²) in [6, 6.07) is 106. The average Bonchev–Trinajstić information content (AvgIpc) is 3.10. The van der Waals surface area contributed by atoms with Crippen LogP contribution in [-0.4, -0.2) is 0 Å². The molecule has 0 saturated carbocycles. The first-order valence-corrected chi connectivity index (χ1v) is 28.8. The van der Waals surface area contributed by atoms with Crippen molar-refractivity contribution in [2.45, 2.75) is 24.7 Å². The molecule has 2 unspecified atom stereocenters. The number of anilines is 6. The van der Waals surface area contributed by atoms with E-state index in [1.807, 2.05) is 0 Å². The molecule has 16 aromatic rings. The van der Waals surface area contributed by atoms with Crippen LogP contribution in [0.3, 0.4) is 0 Å². The van der Waals surface area contributed by atoms with Gasteiger partial charge in [0.05, 0.1) is 22.7 Å². The number of hydrogen-bond acceptors (Lipinski definition) is 2. The van der Waals surface area contributed by atoms with Crippen molar-refractivity contribution in [3.05, 3.63) is 301 Å². The molecule has 16 aromatic carbocycles. The summed E-state index contributed by atoms with van der Waals surface area (Å²) in [6.45, 7) is 5.16. The van der Waals surface area contributed by atoms with Crippen LogP contribution >= 0.6 is 0 Å². The molecule has 82 heavy (non-hydrogen) atoms. The number of hydrogen-bond donors (Lipinski definition) is 0. The quantitative estimate of drug-likeness (QED) is 0.147. The van der Waals surface area contributed by atoms with Crippen LogP contribution < -0.4 is 9.80 Å². The molecule has 0 radical (unpaired) electrons. The van der Waals surface area contributed by atoms with Crippen LogP contribution in [0.15, 0.2) is 279 Å². The smallest absolute Gasteiger partial charge is 0.0543 e. The van der Waals surface area contributed by atoms with Gasteiger partial charge in [0.2, 0.25) is 0 Å². The highest BCUT2D eigenvalue weighted by molar-refractivity contribution is 6.28. The molecule has 2 aliphatic rings. The van der Waals surface area contributed by atoms with Crippen LogP contribution in [0, 0.1) is 0 Å². The number of para-hydroxylation sites is 2. The predicted molar refractivity (Wildman–Crippen MR) is 348 cm³/mol. The topological polar surface area (TPSA) is 6.48 Å². The first kappa shape index (κ1) is 45.6. The van der Waals surface area contributed by atoms with Crippen LogP contribution in [0.5, 0.6) is 0 Å². The van der Waals surface area contributed by atoms with Crippen molar-refractivity contribution in [1.82, 2.24) is 0 Å². The van der Waals surface area contributed by atoms with Crippen LogP contribution in [0.1, 0.15) is 36.1 Å². The maximum absolute atomic E-state index is 2.61. The lowest BCUT2D eigenvalue weighted by molar-refractivity contribution is 0.376. The van der Waals surface area contributed by atoms with Gasteiger partial charge in [0.1, 0.15) is 0 Å². The molecule has 0 heterocycles. The van der Waals surface area contributed by atoms with Crippen molar-refractivity contribution in [1.29, 1.82) is 0 Å². The van der Waals surface area contributed by atoms with E-state index in [9.17, 15) is 0 Å². The first-order chi connectivity index (χ1) is 40.5. The normalized spacial score (nSPS) is 16.3. The van der Waals surface area contributed by atoms with Gasteiger partial charge < -0.3 is 9.80 Å². The van der Waals surface area contributed by atoms with Gasteiger partial charge >= 0.3 is 0 Å². The lowest BCUT2D eigenvalue weighted by Crippen LogP contribution is -2.44. The second kappa shape index (κ2) is 16.6. The van der Waals surface area contributed by atoms with Gasteiger partial charge in [0.25, 0.3) is 0 Å². The molecule has 0 fully saturated rings. The lowest BCUT2D eigenvalue weighted by Gasteiger charge is -2.46. The third kappa shape index (κ3) is 5.88. The second-order valence-corrected chi connectivity index (χ2v) is 23.3. The number of benzene rings is 16. The van der Waals surface area contributed by atoms with Crippen LogP contribution in [0.25, 0.3) is 108 Å². The van der Waals surface area contributed by atoms with Crippen molar-refractivity contribution in [3.8, 4) is 22.3 Å². The Hall–Kier alpha value is -10.3. The minimum absolute atomic E-state index is 0.603. The zero-order valence-corrected chi connectivity index (χ0v) is 45.5. The summed E-state index contributed by atoms with van der Waals surface area (Å²) in [7, 11) is 0. The molecule has 18 rings (SSSR count). The molecule has 0 spiro atoms. The van der Waals surface area contributed by atoms with Crippen molar-refractivity contribution in [3.63, 3.8) is 0 Å². The van der Waals surface area contributed by atoms with E-state index in [0.29, 0.717) is 0 Å². The fourth-order valence-corrected chi connectivity index (χ4v) is 15.9. The summed E-state index contributed by atoms with van der Waals surface area (Å²) in [6.07, 6.45) is 0. The van der Waals surface area contributed by atoms with E-state index < -0.39 is 10.8 Å². The van der Waals surface area contributed by atoms with E-state index in [1.165, 1.54) is 131 Å². The minimum atomic E-state index is -0.603. The fraction of sp³-hybridized carbons (Fsp3) is 0.0500. The molecule has 0 N–H and O–H groups in total. The van der Waals surface area contributed by atoms with Crippen LogP contribution in [0.2, 0.25) is 0 Å². The summed E-state index contributed by atoms with van der Waals surface area (Å²) >= 11 is 0. The predicted octanol–water partition coefficient (Wildman–Crippen LogP) is 22.0. The Morgan fingerprint density at radius 3 is 0.976 bits per heavy atom. The van der Waals surface area contributed by atoms with Gasteiger partial charge in [-0.25, -0.2) is 0 Å². The molecule has 0 amide bonds. The lowest BCUT2D eigenvalue weighted by atomic mass is 9.56. The Kier molecular flexibility index (Phi) is 9.25. The van der Waals surface area contributed by atoms with Crippen molar-refractivity contribution in [2.24, 2.45) is 0 Å². The van der Waals surface area contributed by atoms with E-state index >= 15 is 0 Å². The van der Waals surface area contributed by atoms with Gasteiger partial charge in [-0.15, -0.1) is 0 Å². The first-order valence-electron chi connectivity index (χ1n) is 28.8. The van der Waals surface area contributed by atoms with Gasteiger partial charge in [0.15, 0.2) is 0 Å². The third-order valence-electron chi connectivity index (χ3n) is 19.6. The number of nitrogens with zero attached hydrogens (tertiary/aromatic N) is 2. The third-order valence-corrected chi connectivity index (χ3v) is 19.6. The Morgan fingerprint density at radius 2 is 0.561 bits per heavy atom. The van der Waals surface area contributed by atoms with E-state index in [-0.39, 0.29) is 0 Å². The highest BCUT2D eigenvalue weighted by atomic mass is 15.2. The standard InChI is InChI=1S/C80H52N2/c1-79(65-33-15-13-31-61(65)77-59-29-11-9-27-57(59)71(47-67(77)79)81(55-23-5-3-6-24-55)69-45-41-53-37-35-49-19-17-21-51-39-43-63(69)75(53)73(49)51)80(2)66-34-16-14-32-62(66)78-60-30-12-10-28-58(60)72(48-68(78)80)82(56-25-7-4-8-26-56)70-46-42-54-38-36-50-20-18-22-52-40-44-64(70)76(54)74(50)52/h3-48H,1-2H3. The van der Waals surface area contributed by atoms with E-state index in [0.717, 1.165) is 34.1 Å². The van der Waals surface area contributed by atoms with Crippen LogP contribution in [0.4, 0.5) is 34.1 Å². The molecule has 2 nitrogen and oxygen atoms in total. The van der Waals surface area contributed by atoms with E-state index in [2.05, 4.69) is 303 Å². The summed E-state index contributed by atoms with van der Waals surface area (Å²) in [5.74, 6) is 0. The van der Waals surface area contributed by atoms with Crippen molar-refractivity contribution >= 4 is 120 Å². The highest BCUT2D eigenvalue weighted by Gasteiger charge is 2.58. The summed E-state index contributed by atoms with van der Waals surface area (Å²) in [4.78, 5) is 5.13. The molecule has 382 valence electrons. The molecule has 2 aliphatic carbocycles. The molecule has 0 aromatic heterocycles. The highest BCUT2D eigenvalue weighted by Crippen LogP contribution is 2.68. The van der Waals surface area contributed by atoms with Gasteiger partial charge in [-0.05, 0) is 158 Å². The van der Waals surface area contributed by atoms with Gasteiger partial charge in [-0.1, -0.05) is 244 Å². The zero-order chi connectivity index (χ0) is 54.0. The SMILES string of the molecule is CC1(C2(C)c3ccccc3-c3c2cc(N(c2ccccc2)c2ccc4ccc5cccc6ccc2c4c56)c2ccccc32)c2ccccc2-c2c1cc(N(c1ccccc1)c1ccc3ccc4cccc5ccc1c3c45)c1ccccc21. The number of rotatable bonds is 7. The molecular weight excluding hydrogens is 989 g/mol. The summed E-state index contributed by atoms with van der Waals surface area (Å²) in [5.41, 5.74) is 16.2. The second-order valence-electron chi connectivity index (χ2n) is 23.3. The molecule has 2 atom stereocenters. The van der Waals surface area contributed by atoms with Gasteiger partial charge in [-0.2, -0.15) is 0 Å². The Balaban J connectivity index is 0.939. The molecule has 0 saturated heterocycles. The van der Waals surface area contributed by atoms with Crippen molar-refractivity contribution in [2.75, 3.05) is 9.80 Å². The number of fused-ring (bicyclic) bond motifs is 10. The molecular formula is C80H52N2. The summed E-state index contributed by atoms with van der Waals surface area (Å²) in [5, 5.41) is 20.2. The van der Waals surface area contributed by atoms with E-state index in [1.54, 1.807) is 0 Å². The zero-order valence-electron chi connectivity index (χ0n) is 45.5. The largest absolute Gasteiger partial charge is 0.309 e. The average molecular weight is 1040 g/mol. The molecule has 0 bridgehead atoms. The summed E-state index contributed by atoms with van der Waals surface area (Å²) < 4.78 is 0. The Bertz CT molecular complexity index is 4960. The van der Waals surface area contributed by atoms with Crippen LogP contribution in [-0.2, 0) is 10.8 Å². The maximum Gasteiger partial charge on any atom is 0.0543 e. The van der Waals surface area contributed by atoms with Gasteiger partial charge in [0, 0.05) is 43.7 Å².